The molecule has 0 spiro atoms. The first-order valence-corrected chi connectivity index (χ1v) is 4.35. The Morgan fingerprint density at radius 1 is 1.29 bits per heavy atom. The van der Waals surface area contributed by atoms with Crippen LogP contribution in [0.4, 0.5) is 13.2 Å². The molecule has 0 saturated heterocycles. The summed E-state index contributed by atoms with van der Waals surface area (Å²) < 4.78 is 37.1. The molecule has 0 unspecified atom stereocenters. The Morgan fingerprint density at radius 3 is 2.00 bits per heavy atom. The molecule has 0 aromatic heterocycles. The fourth-order valence-corrected chi connectivity index (χ4v) is 1.66. The fourth-order valence-electron chi connectivity index (χ4n) is 1.66. The van der Waals surface area contributed by atoms with Gasteiger partial charge < -0.3 is 10.8 Å². The van der Waals surface area contributed by atoms with Gasteiger partial charge in [0.1, 0.15) is 5.54 Å². The van der Waals surface area contributed by atoms with E-state index in [0.29, 0.717) is 12.8 Å². The smallest absolute Gasteiger partial charge is 0.396 e. The van der Waals surface area contributed by atoms with Crippen molar-refractivity contribution in [3.05, 3.63) is 0 Å². The van der Waals surface area contributed by atoms with Gasteiger partial charge in [-0.2, -0.15) is 13.2 Å². The first-order chi connectivity index (χ1) is 5.89. The molecular formula is C8H15ClF3NO. The number of hydrogen-bond donors (Lipinski definition) is 2. The van der Waals surface area contributed by atoms with Crippen molar-refractivity contribution in [1.82, 2.24) is 0 Å². The van der Waals surface area contributed by atoms with Crippen molar-refractivity contribution < 1.29 is 18.3 Å². The van der Waals surface area contributed by atoms with Gasteiger partial charge in [0.05, 0.1) is 0 Å². The van der Waals surface area contributed by atoms with Crippen molar-refractivity contribution in [2.24, 2.45) is 11.7 Å². The molecule has 1 fully saturated rings. The summed E-state index contributed by atoms with van der Waals surface area (Å²) in [4.78, 5) is 0. The van der Waals surface area contributed by atoms with E-state index >= 15 is 0 Å². The fraction of sp³-hybridized carbons (Fsp3) is 1.00. The van der Waals surface area contributed by atoms with Crippen molar-refractivity contribution in [3.63, 3.8) is 0 Å². The van der Waals surface area contributed by atoms with Crippen molar-refractivity contribution >= 4 is 12.4 Å². The van der Waals surface area contributed by atoms with Gasteiger partial charge in [-0.15, -0.1) is 12.4 Å². The Hall–Kier alpha value is -0.0000000000000000486. The molecule has 0 radical (unpaired) electrons. The van der Waals surface area contributed by atoms with E-state index in [1.54, 1.807) is 0 Å². The quantitative estimate of drug-likeness (QED) is 0.726. The van der Waals surface area contributed by atoms with E-state index in [9.17, 15) is 13.2 Å². The van der Waals surface area contributed by atoms with E-state index in [1.807, 2.05) is 0 Å². The molecule has 14 heavy (non-hydrogen) atoms. The number of alkyl halides is 3. The normalized spacial score (nSPS) is 33.6. The second-order valence-electron chi connectivity index (χ2n) is 3.78. The monoisotopic (exact) mass is 233 g/mol. The van der Waals surface area contributed by atoms with Gasteiger partial charge in [0.25, 0.3) is 0 Å². The van der Waals surface area contributed by atoms with Crippen LogP contribution in [-0.4, -0.2) is 23.4 Å². The second-order valence-corrected chi connectivity index (χ2v) is 3.78. The van der Waals surface area contributed by atoms with Gasteiger partial charge in [0.2, 0.25) is 0 Å². The predicted molar refractivity (Wildman–Crippen MR) is 49.3 cm³/mol. The van der Waals surface area contributed by atoms with Crippen molar-refractivity contribution in [3.8, 4) is 0 Å². The van der Waals surface area contributed by atoms with E-state index in [1.165, 1.54) is 0 Å². The number of hydrogen-bond acceptors (Lipinski definition) is 2. The minimum Gasteiger partial charge on any atom is -0.396 e. The number of aliphatic hydroxyl groups is 1. The van der Waals surface area contributed by atoms with Crippen molar-refractivity contribution in [2.75, 3.05) is 6.61 Å². The van der Waals surface area contributed by atoms with Gasteiger partial charge >= 0.3 is 6.18 Å². The molecule has 0 aromatic carbocycles. The molecule has 0 aromatic rings. The van der Waals surface area contributed by atoms with E-state index in [2.05, 4.69) is 0 Å². The molecule has 1 rings (SSSR count). The zero-order valence-electron chi connectivity index (χ0n) is 7.68. The highest BCUT2D eigenvalue weighted by Crippen LogP contribution is 2.41. The minimum absolute atomic E-state index is 0. The van der Waals surface area contributed by atoms with E-state index in [0.717, 1.165) is 0 Å². The Morgan fingerprint density at radius 2 is 1.71 bits per heavy atom. The van der Waals surface area contributed by atoms with Crippen LogP contribution in [0.25, 0.3) is 0 Å². The lowest BCUT2D eigenvalue weighted by Gasteiger charge is -2.37. The summed E-state index contributed by atoms with van der Waals surface area (Å²) in [6, 6.07) is 0. The largest absolute Gasteiger partial charge is 0.406 e. The van der Waals surface area contributed by atoms with Crippen LogP contribution < -0.4 is 5.73 Å². The minimum atomic E-state index is -4.31. The van der Waals surface area contributed by atoms with E-state index < -0.39 is 11.7 Å². The van der Waals surface area contributed by atoms with Gasteiger partial charge in [0.15, 0.2) is 0 Å². The Balaban J connectivity index is 0.00000169. The van der Waals surface area contributed by atoms with Gasteiger partial charge in [-0.3, -0.25) is 0 Å². The molecule has 1 aliphatic carbocycles. The summed E-state index contributed by atoms with van der Waals surface area (Å²) in [7, 11) is 0. The molecule has 1 saturated carbocycles. The lowest BCUT2D eigenvalue weighted by Crippen LogP contribution is -2.55. The van der Waals surface area contributed by atoms with Gasteiger partial charge in [-0.05, 0) is 31.6 Å². The van der Waals surface area contributed by atoms with Gasteiger partial charge in [-0.25, -0.2) is 0 Å². The van der Waals surface area contributed by atoms with Crippen molar-refractivity contribution in [1.29, 1.82) is 0 Å². The highest BCUT2D eigenvalue weighted by molar-refractivity contribution is 5.85. The summed E-state index contributed by atoms with van der Waals surface area (Å²) >= 11 is 0. The summed E-state index contributed by atoms with van der Waals surface area (Å²) in [5, 5.41) is 8.74. The average molecular weight is 234 g/mol. The molecule has 0 atom stereocenters. The SMILES string of the molecule is Cl.NC1(C(F)(F)F)CCC(CO)CC1. The number of aliphatic hydroxyl groups excluding tert-OH is 1. The third-order valence-electron chi connectivity index (χ3n) is 2.82. The summed E-state index contributed by atoms with van der Waals surface area (Å²) in [6.45, 7) is -0.0338. The Kier molecular flexibility index (Phi) is 4.68. The van der Waals surface area contributed by atoms with E-state index in [4.69, 9.17) is 10.8 Å². The van der Waals surface area contributed by atoms with Crippen LogP contribution in [0.1, 0.15) is 25.7 Å². The summed E-state index contributed by atoms with van der Waals surface area (Å²) in [5.74, 6) is -0.000903. The van der Waals surface area contributed by atoms with Crippen LogP contribution in [0.3, 0.4) is 0 Å². The lowest BCUT2D eigenvalue weighted by molar-refractivity contribution is -0.196. The van der Waals surface area contributed by atoms with Crippen LogP contribution in [0.5, 0.6) is 0 Å². The topological polar surface area (TPSA) is 46.2 Å². The lowest BCUT2D eigenvalue weighted by atomic mass is 9.77. The summed E-state index contributed by atoms with van der Waals surface area (Å²) in [5.41, 5.74) is 3.23. The number of nitrogens with two attached hydrogens (primary N) is 1. The van der Waals surface area contributed by atoms with E-state index in [-0.39, 0.29) is 37.8 Å². The maximum absolute atomic E-state index is 12.4. The van der Waals surface area contributed by atoms with Gasteiger partial charge in [-0.1, -0.05) is 0 Å². The second kappa shape index (κ2) is 4.68. The first kappa shape index (κ1) is 14.0. The molecule has 2 nitrogen and oxygen atoms in total. The number of halogens is 4. The maximum Gasteiger partial charge on any atom is 0.406 e. The molecule has 0 bridgehead atoms. The highest BCUT2D eigenvalue weighted by Gasteiger charge is 2.52. The molecule has 86 valence electrons. The third-order valence-corrected chi connectivity index (χ3v) is 2.82. The van der Waals surface area contributed by atoms with Crippen molar-refractivity contribution in [2.45, 2.75) is 37.4 Å². The molecule has 3 N–H and O–H groups in total. The molecule has 0 aliphatic heterocycles. The summed E-state index contributed by atoms with van der Waals surface area (Å²) in [6.07, 6.45) is -3.71. The Labute approximate surface area is 87.1 Å². The van der Waals surface area contributed by atoms with Crippen LogP contribution >= 0.6 is 12.4 Å². The third kappa shape index (κ3) is 2.74. The molecule has 0 amide bonds. The molecular weight excluding hydrogens is 219 g/mol. The van der Waals surface area contributed by atoms with Crippen LogP contribution in [0, 0.1) is 5.92 Å². The van der Waals surface area contributed by atoms with Crippen LogP contribution in [0.2, 0.25) is 0 Å². The van der Waals surface area contributed by atoms with Crippen LogP contribution in [-0.2, 0) is 0 Å². The standard InChI is InChI=1S/C8H14F3NO.ClH/c9-8(10,11)7(12)3-1-6(5-13)2-4-7;/h6,13H,1-5,12H2;1H. The Bertz CT molecular complexity index is 178. The van der Waals surface area contributed by atoms with Crippen LogP contribution in [0.15, 0.2) is 0 Å². The molecule has 6 heteroatoms. The average Bonchev–Trinajstić information content (AvgIpc) is 2.04. The number of rotatable bonds is 1. The maximum atomic E-state index is 12.4. The first-order valence-electron chi connectivity index (χ1n) is 4.35. The van der Waals surface area contributed by atoms with Gasteiger partial charge in [0, 0.05) is 6.61 Å². The molecule has 0 heterocycles. The predicted octanol–water partition coefficient (Wildman–Crippen LogP) is 1.85. The molecule has 1 aliphatic rings. The zero-order valence-corrected chi connectivity index (χ0v) is 8.50. The zero-order chi connectivity index (χ0) is 10.1. The highest BCUT2D eigenvalue weighted by atomic mass is 35.5.